The molecule has 0 atom stereocenters. The van der Waals surface area contributed by atoms with Crippen LogP contribution in [0.5, 0.6) is 0 Å². The summed E-state index contributed by atoms with van der Waals surface area (Å²) in [6, 6.07) is 7.07. The average Bonchev–Trinajstić information content (AvgIpc) is 3.01. The van der Waals surface area contributed by atoms with Gasteiger partial charge in [-0.2, -0.15) is 4.31 Å². The molecule has 0 amide bonds. The summed E-state index contributed by atoms with van der Waals surface area (Å²) in [5.41, 5.74) is 1.07. The highest BCUT2D eigenvalue weighted by Crippen LogP contribution is 2.18. The number of nitrogens with one attached hydrogen (secondary N) is 1. The van der Waals surface area contributed by atoms with Gasteiger partial charge in [0.1, 0.15) is 5.01 Å². The van der Waals surface area contributed by atoms with E-state index in [-0.39, 0.29) is 0 Å². The van der Waals surface area contributed by atoms with E-state index in [1.165, 1.54) is 15.6 Å². The first-order valence-electron chi connectivity index (χ1n) is 7.76. The first-order chi connectivity index (χ1) is 11.6. The molecule has 1 fully saturated rings. The van der Waals surface area contributed by atoms with Gasteiger partial charge >= 0.3 is 0 Å². The highest BCUT2D eigenvalue weighted by atomic mass is 32.2. The van der Waals surface area contributed by atoms with Gasteiger partial charge in [0, 0.05) is 19.6 Å². The second-order valence-electron chi connectivity index (χ2n) is 5.46. The van der Waals surface area contributed by atoms with E-state index in [1.807, 2.05) is 19.1 Å². The standard InChI is InChI=1S/C15H20N4O3S2/c1-12-17-18-15(23-12)16-7-6-13-2-4-14(5-3-13)24(20,21)19-8-10-22-11-9-19/h2-5H,6-11H2,1H3,(H,16,18). The van der Waals surface area contributed by atoms with Crippen LogP contribution in [0.2, 0.25) is 0 Å². The number of hydrogen-bond donors (Lipinski definition) is 1. The number of benzene rings is 1. The Labute approximate surface area is 145 Å². The van der Waals surface area contributed by atoms with Gasteiger partial charge in [-0.15, -0.1) is 10.2 Å². The minimum Gasteiger partial charge on any atom is -0.379 e. The molecule has 130 valence electrons. The fraction of sp³-hybridized carbons (Fsp3) is 0.467. The van der Waals surface area contributed by atoms with E-state index in [4.69, 9.17) is 4.74 Å². The Balaban J connectivity index is 1.58. The lowest BCUT2D eigenvalue weighted by Gasteiger charge is -2.26. The highest BCUT2D eigenvalue weighted by molar-refractivity contribution is 7.89. The van der Waals surface area contributed by atoms with Gasteiger partial charge in [-0.05, 0) is 31.0 Å². The number of ether oxygens (including phenoxy) is 1. The number of morpholine rings is 1. The Morgan fingerprint density at radius 2 is 1.92 bits per heavy atom. The van der Waals surface area contributed by atoms with Crippen LogP contribution >= 0.6 is 11.3 Å². The third kappa shape index (κ3) is 4.10. The van der Waals surface area contributed by atoms with Gasteiger partial charge in [0.2, 0.25) is 15.2 Å². The lowest BCUT2D eigenvalue weighted by molar-refractivity contribution is 0.0730. The molecule has 1 saturated heterocycles. The number of rotatable bonds is 6. The van der Waals surface area contributed by atoms with Gasteiger partial charge in [0.15, 0.2) is 0 Å². The number of anilines is 1. The third-order valence-electron chi connectivity index (χ3n) is 3.75. The van der Waals surface area contributed by atoms with E-state index in [1.54, 1.807) is 12.1 Å². The second-order valence-corrected chi connectivity index (χ2v) is 8.58. The zero-order chi connectivity index (χ0) is 17.0. The number of aromatic nitrogens is 2. The van der Waals surface area contributed by atoms with E-state index in [9.17, 15) is 8.42 Å². The molecule has 0 spiro atoms. The van der Waals surface area contributed by atoms with Crippen molar-refractivity contribution in [3.8, 4) is 0 Å². The van der Waals surface area contributed by atoms with Crippen molar-refractivity contribution in [2.45, 2.75) is 18.2 Å². The van der Waals surface area contributed by atoms with Crippen LogP contribution < -0.4 is 5.32 Å². The van der Waals surface area contributed by atoms with Gasteiger partial charge < -0.3 is 10.1 Å². The second kappa shape index (κ2) is 7.56. The van der Waals surface area contributed by atoms with E-state index >= 15 is 0 Å². The summed E-state index contributed by atoms with van der Waals surface area (Å²) in [4.78, 5) is 0.334. The number of sulfonamides is 1. The molecule has 1 aromatic carbocycles. The Hall–Kier alpha value is -1.55. The normalized spacial score (nSPS) is 16.2. The molecule has 2 aromatic rings. The lowest BCUT2D eigenvalue weighted by Crippen LogP contribution is -2.40. The van der Waals surface area contributed by atoms with Crippen molar-refractivity contribution < 1.29 is 13.2 Å². The first kappa shape index (κ1) is 17.3. The van der Waals surface area contributed by atoms with Crippen molar-refractivity contribution in [3.63, 3.8) is 0 Å². The van der Waals surface area contributed by atoms with Gasteiger partial charge in [-0.3, -0.25) is 0 Å². The fourth-order valence-corrected chi connectivity index (χ4v) is 4.47. The monoisotopic (exact) mass is 368 g/mol. The van der Waals surface area contributed by atoms with Crippen LogP contribution in [0.1, 0.15) is 10.6 Å². The molecule has 3 rings (SSSR count). The van der Waals surface area contributed by atoms with Crippen LogP contribution in [0, 0.1) is 6.92 Å². The first-order valence-corrected chi connectivity index (χ1v) is 10.0. The van der Waals surface area contributed by atoms with Crippen LogP contribution in [0.25, 0.3) is 0 Å². The Morgan fingerprint density at radius 1 is 1.21 bits per heavy atom. The molecule has 0 unspecified atom stereocenters. The van der Waals surface area contributed by atoms with Crippen molar-refractivity contribution >= 4 is 26.5 Å². The Morgan fingerprint density at radius 3 is 2.54 bits per heavy atom. The highest BCUT2D eigenvalue weighted by Gasteiger charge is 2.25. The van der Waals surface area contributed by atoms with Crippen molar-refractivity contribution in [1.82, 2.24) is 14.5 Å². The predicted octanol–water partition coefficient (Wildman–Crippen LogP) is 1.52. The Kier molecular flexibility index (Phi) is 5.44. The predicted molar refractivity (Wildman–Crippen MR) is 92.9 cm³/mol. The van der Waals surface area contributed by atoms with Crippen LogP contribution in [0.15, 0.2) is 29.2 Å². The maximum absolute atomic E-state index is 12.5. The summed E-state index contributed by atoms with van der Waals surface area (Å²) >= 11 is 1.52. The van der Waals surface area contributed by atoms with E-state index in [0.29, 0.717) is 31.2 Å². The van der Waals surface area contributed by atoms with Crippen molar-refractivity contribution in [2.75, 3.05) is 38.2 Å². The molecule has 1 aliphatic heterocycles. The zero-order valence-corrected chi connectivity index (χ0v) is 15.1. The van der Waals surface area contributed by atoms with Crippen LogP contribution in [-0.4, -0.2) is 55.8 Å². The molecule has 7 nitrogen and oxygen atoms in total. The lowest BCUT2D eigenvalue weighted by atomic mass is 10.1. The summed E-state index contributed by atoms with van der Waals surface area (Å²) in [6.45, 7) is 4.37. The Bertz CT molecular complexity index is 768. The minimum atomic E-state index is -3.42. The van der Waals surface area contributed by atoms with Crippen LogP contribution in [0.3, 0.4) is 0 Å². The molecule has 1 aromatic heterocycles. The molecular formula is C15H20N4O3S2. The molecule has 0 radical (unpaired) electrons. The molecule has 0 aliphatic carbocycles. The fourth-order valence-electron chi connectivity index (χ4n) is 2.45. The smallest absolute Gasteiger partial charge is 0.243 e. The van der Waals surface area contributed by atoms with Gasteiger partial charge in [0.05, 0.1) is 18.1 Å². The summed E-state index contributed by atoms with van der Waals surface area (Å²) in [6.07, 6.45) is 0.788. The van der Waals surface area contributed by atoms with Crippen LogP contribution in [-0.2, 0) is 21.2 Å². The minimum absolute atomic E-state index is 0.334. The summed E-state index contributed by atoms with van der Waals surface area (Å²) in [7, 11) is -3.42. The maximum atomic E-state index is 12.5. The zero-order valence-electron chi connectivity index (χ0n) is 13.4. The van der Waals surface area contributed by atoms with Crippen LogP contribution in [0.4, 0.5) is 5.13 Å². The average molecular weight is 368 g/mol. The van der Waals surface area contributed by atoms with E-state index in [0.717, 1.165) is 28.7 Å². The van der Waals surface area contributed by atoms with E-state index < -0.39 is 10.0 Å². The third-order valence-corrected chi connectivity index (χ3v) is 6.46. The largest absolute Gasteiger partial charge is 0.379 e. The van der Waals surface area contributed by atoms with E-state index in [2.05, 4.69) is 15.5 Å². The van der Waals surface area contributed by atoms with Crippen molar-refractivity contribution in [2.24, 2.45) is 0 Å². The molecule has 1 N–H and O–H groups in total. The van der Waals surface area contributed by atoms with Gasteiger partial charge in [0.25, 0.3) is 0 Å². The van der Waals surface area contributed by atoms with Crippen molar-refractivity contribution in [3.05, 3.63) is 34.8 Å². The van der Waals surface area contributed by atoms with Gasteiger partial charge in [-0.25, -0.2) is 8.42 Å². The van der Waals surface area contributed by atoms with Gasteiger partial charge in [-0.1, -0.05) is 23.5 Å². The number of aryl methyl sites for hydroxylation is 1. The molecule has 1 aliphatic rings. The number of hydrogen-bond acceptors (Lipinski definition) is 7. The molecule has 2 heterocycles. The summed E-state index contributed by atoms with van der Waals surface area (Å²) in [5, 5.41) is 12.9. The molecule has 24 heavy (non-hydrogen) atoms. The maximum Gasteiger partial charge on any atom is 0.243 e. The summed E-state index contributed by atoms with van der Waals surface area (Å²) in [5.74, 6) is 0. The van der Waals surface area contributed by atoms with Crippen molar-refractivity contribution in [1.29, 1.82) is 0 Å². The molecule has 0 saturated carbocycles. The summed E-state index contributed by atoms with van der Waals surface area (Å²) < 4.78 is 31.8. The molecular weight excluding hydrogens is 348 g/mol. The number of nitrogens with zero attached hydrogens (tertiary/aromatic N) is 3. The SMILES string of the molecule is Cc1nnc(NCCc2ccc(S(=O)(=O)N3CCOCC3)cc2)s1. The topological polar surface area (TPSA) is 84.4 Å². The quantitative estimate of drug-likeness (QED) is 0.832. The molecule has 9 heteroatoms. The molecule has 0 bridgehead atoms.